The topological polar surface area (TPSA) is 106 Å². The molecule has 0 radical (unpaired) electrons. The Morgan fingerprint density at radius 2 is 2.19 bits per heavy atom. The minimum absolute atomic E-state index is 0.0476. The largest absolute Gasteiger partial charge is 0.351 e. The maximum Gasteiger partial charge on any atom is 0.297 e. The van der Waals surface area contributed by atoms with E-state index in [9.17, 15) is 13.2 Å². The van der Waals surface area contributed by atoms with Gasteiger partial charge in [0.1, 0.15) is 0 Å². The summed E-state index contributed by atoms with van der Waals surface area (Å²) < 4.78 is 27.7. The van der Waals surface area contributed by atoms with Gasteiger partial charge in [0, 0.05) is 17.8 Å². The average Bonchev–Trinajstić information content (AvgIpc) is 3.02. The minimum Gasteiger partial charge on any atom is -0.351 e. The number of aromatic nitrogens is 1. The van der Waals surface area contributed by atoms with Crippen LogP contribution in [-0.2, 0) is 16.4 Å². The fraction of sp³-hybridized carbons (Fsp3) is 0.231. The lowest BCUT2D eigenvalue weighted by Crippen LogP contribution is -2.29. The van der Waals surface area contributed by atoms with Crippen molar-refractivity contribution in [1.29, 1.82) is 0 Å². The molecule has 8 heteroatoms. The molecule has 7 nitrogen and oxygen atoms in total. The Kier molecular flexibility index (Phi) is 3.07. The molecule has 2 heterocycles. The number of amides is 1. The van der Waals surface area contributed by atoms with Crippen molar-refractivity contribution >= 4 is 21.6 Å². The van der Waals surface area contributed by atoms with Crippen LogP contribution in [0.4, 0.5) is 5.69 Å². The molecule has 1 aromatic heterocycles. The molecule has 0 atom stereocenters. The van der Waals surface area contributed by atoms with Crippen molar-refractivity contribution in [3.63, 3.8) is 0 Å². The summed E-state index contributed by atoms with van der Waals surface area (Å²) in [5, 5.41) is 8.71. The normalized spacial score (nSPS) is 14.3. The van der Waals surface area contributed by atoms with Gasteiger partial charge < -0.3 is 9.42 Å². The van der Waals surface area contributed by atoms with E-state index in [1.54, 1.807) is 17.9 Å². The lowest BCUT2D eigenvalue weighted by molar-refractivity contribution is 0.0953. The van der Waals surface area contributed by atoms with E-state index in [1.807, 2.05) is 0 Å². The number of sulfonamides is 1. The van der Waals surface area contributed by atoms with E-state index >= 15 is 0 Å². The summed E-state index contributed by atoms with van der Waals surface area (Å²) in [7, 11) is -3.74. The highest BCUT2D eigenvalue weighted by Gasteiger charge is 2.29. The molecule has 1 amide bonds. The predicted molar refractivity (Wildman–Crippen MR) is 74.4 cm³/mol. The molecule has 2 aromatic rings. The van der Waals surface area contributed by atoms with Gasteiger partial charge in [-0.3, -0.25) is 4.79 Å². The fourth-order valence-electron chi connectivity index (χ4n) is 2.39. The first-order valence-electron chi connectivity index (χ1n) is 6.27. The highest BCUT2D eigenvalue weighted by atomic mass is 32.2. The average molecular weight is 307 g/mol. The monoisotopic (exact) mass is 307 g/mol. The van der Waals surface area contributed by atoms with Crippen LogP contribution in [0.25, 0.3) is 0 Å². The molecule has 1 aromatic carbocycles. The van der Waals surface area contributed by atoms with Crippen molar-refractivity contribution < 1.29 is 17.7 Å². The SMILES string of the molecule is Cc1cnoc1C(=O)N1CCc2cc(S(N)(=O)=O)ccc21. The molecule has 0 unspecified atom stereocenters. The molecule has 0 saturated carbocycles. The molecule has 1 aliphatic heterocycles. The summed E-state index contributed by atoms with van der Waals surface area (Å²) in [4.78, 5) is 14.0. The lowest BCUT2D eigenvalue weighted by atomic mass is 10.2. The van der Waals surface area contributed by atoms with Crippen molar-refractivity contribution in [1.82, 2.24) is 5.16 Å². The number of nitrogens with zero attached hydrogens (tertiary/aromatic N) is 2. The molecule has 0 saturated heterocycles. The number of aryl methyl sites for hydroxylation is 1. The summed E-state index contributed by atoms with van der Waals surface area (Å²) in [6.07, 6.45) is 2.05. The Balaban J connectivity index is 1.98. The third kappa shape index (κ3) is 2.32. The smallest absolute Gasteiger partial charge is 0.297 e. The second-order valence-electron chi connectivity index (χ2n) is 4.88. The van der Waals surface area contributed by atoms with Crippen LogP contribution in [0.15, 0.2) is 33.8 Å². The number of carbonyl (C=O) groups excluding carboxylic acids is 1. The number of fused-ring (bicyclic) bond motifs is 1. The van der Waals surface area contributed by atoms with Crippen molar-refractivity contribution in [3.8, 4) is 0 Å². The number of carbonyl (C=O) groups is 1. The van der Waals surface area contributed by atoms with Gasteiger partial charge in [0.2, 0.25) is 15.8 Å². The van der Waals surface area contributed by atoms with Crippen LogP contribution in [0.5, 0.6) is 0 Å². The Hall–Kier alpha value is -2.19. The zero-order valence-electron chi connectivity index (χ0n) is 11.2. The molecule has 21 heavy (non-hydrogen) atoms. The third-order valence-corrected chi connectivity index (χ3v) is 4.37. The van der Waals surface area contributed by atoms with Gasteiger partial charge in [0.15, 0.2) is 0 Å². The molecule has 0 bridgehead atoms. The third-order valence-electron chi connectivity index (χ3n) is 3.46. The maximum atomic E-state index is 12.4. The Morgan fingerprint density at radius 1 is 1.43 bits per heavy atom. The summed E-state index contributed by atoms with van der Waals surface area (Å²) in [5.74, 6) is -0.0921. The van der Waals surface area contributed by atoms with Gasteiger partial charge in [0.25, 0.3) is 5.91 Å². The zero-order chi connectivity index (χ0) is 15.2. The Bertz CT molecular complexity index is 826. The molecule has 0 spiro atoms. The van der Waals surface area contributed by atoms with Crippen LogP contribution in [-0.4, -0.2) is 26.0 Å². The predicted octanol–water partition coefficient (Wildman–Crippen LogP) is 0.833. The summed E-state index contributed by atoms with van der Waals surface area (Å²) >= 11 is 0. The highest BCUT2D eigenvalue weighted by Crippen LogP contribution is 2.31. The van der Waals surface area contributed by atoms with Gasteiger partial charge in [-0.05, 0) is 37.1 Å². The molecule has 1 aliphatic rings. The number of hydrogen-bond donors (Lipinski definition) is 1. The van der Waals surface area contributed by atoms with E-state index in [0.717, 1.165) is 5.56 Å². The number of benzene rings is 1. The van der Waals surface area contributed by atoms with Gasteiger partial charge in [-0.15, -0.1) is 0 Å². The van der Waals surface area contributed by atoms with Crippen LogP contribution >= 0.6 is 0 Å². The van der Waals surface area contributed by atoms with Gasteiger partial charge in [-0.25, -0.2) is 13.6 Å². The molecule has 0 aliphatic carbocycles. The summed E-state index contributed by atoms with van der Waals surface area (Å²) in [5.41, 5.74) is 2.10. The standard InChI is InChI=1S/C13H13N3O4S/c1-8-7-15-20-12(8)13(17)16-5-4-9-6-10(21(14,18)19)2-3-11(9)16/h2-3,6-7H,4-5H2,1H3,(H2,14,18,19). The van der Waals surface area contributed by atoms with Crippen molar-refractivity contribution in [3.05, 3.63) is 41.3 Å². The zero-order valence-corrected chi connectivity index (χ0v) is 12.1. The number of anilines is 1. The van der Waals surface area contributed by atoms with Gasteiger partial charge in [0.05, 0.1) is 11.1 Å². The molecule has 110 valence electrons. The lowest BCUT2D eigenvalue weighted by Gasteiger charge is -2.16. The van der Waals surface area contributed by atoms with Gasteiger partial charge in [-0.2, -0.15) is 0 Å². The van der Waals surface area contributed by atoms with Gasteiger partial charge >= 0.3 is 0 Å². The fourth-order valence-corrected chi connectivity index (χ4v) is 2.95. The molecule has 0 fully saturated rings. The van der Waals surface area contributed by atoms with E-state index in [1.165, 1.54) is 18.3 Å². The van der Waals surface area contributed by atoms with E-state index < -0.39 is 10.0 Å². The summed E-state index contributed by atoms with van der Waals surface area (Å²) in [6.45, 7) is 2.20. The van der Waals surface area contributed by atoms with Crippen LogP contribution in [0.2, 0.25) is 0 Å². The van der Waals surface area contributed by atoms with E-state index in [2.05, 4.69) is 5.16 Å². The van der Waals surface area contributed by atoms with Crippen molar-refractivity contribution in [2.24, 2.45) is 5.14 Å². The summed E-state index contributed by atoms with van der Waals surface area (Å²) in [6, 6.07) is 4.49. The molecule has 2 N–H and O–H groups in total. The number of hydrogen-bond acceptors (Lipinski definition) is 5. The molecule has 3 rings (SSSR count). The van der Waals surface area contributed by atoms with E-state index in [4.69, 9.17) is 9.66 Å². The molecular formula is C13H13N3O4S. The number of nitrogens with two attached hydrogens (primary N) is 1. The Morgan fingerprint density at radius 3 is 2.81 bits per heavy atom. The number of primary sulfonamides is 1. The van der Waals surface area contributed by atoms with Gasteiger partial charge in [-0.1, -0.05) is 5.16 Å². The molecular weight excluding hydrogens is 294 g/mol. The highest BCUT2D eigenvalue weighted by molar-refractivity contribution is 7.89. The van der Waals surface area contributed by atoms with Crippen molar-refractivity contribution in [2.45, 2.75) is 18.2 Å². The second kappa shape index (κ2) is 4.68. The Labute approximate surface area is 121 Å². The first-order valence-corrected chi connectivity index (χ1v) is 7.81. The first-order chi connectivity index (χ1) is 9.88. The first kappa shape index (κ1) is 13.8. The second-order valence-corrected chi connectivity index (χ2v) is 6.44. The number of rotatable bonds is 2. The minimum atomic E-state index is -3.74. The van der Waals surface area contributed by atoms with Crippen LogP contribution in [0.3, 0.4) is 0 Å². The van der Waals surface area contributed by atoms with E-state index in [-0.39, 0.29) is 16.6 Å². The van der Waals surface area contributed by atoms with Crippen LogP contribution in [0, 0.1) is 6.92 Å². The van der Waals surface area contributed by atoms with E-state index in [0.29, 0.717) is 24.2 Å². The van der Waals surface area contributed by atoms with Crippen molar-refractivity contribution in [2.75, 3.05) is 11.4 Å². The van der Waals surface area contributed by atoms with Crippen LogP contribution < -0.4 is 10.0 Å². The quantitative estimate of drug-likeness (QED) is 0.884. The van der Waals surface area contributed by atoms with Crippen LogP contribution in [0.1, 0.15) is 21.7 Å². The maximum absolute atomic E-state index is 12.4.